The van der Waals surface area contributed by atoms with Gasteiger partial charge < -0.3 is 9.80 Å². The van der Waals surface area contributed by atoms with Crippen LogP contribution in [-0.4, -0.2) is 46.9 Å². The Morgan fingerprint density at radius 3 is 2.46 bits per heavy atom. The summed E-state index contributed by atoms with van der Waals surface area (Å²) in [5.41, 5.74) is 1.83. The minimum absolute atomic E-state index is 0.0177. The molecule has 3 rings (SSSR count). The fourth-order valence-electron chi connectivity index (χ4n) is 2.71. The van der Waals surface area contributed by atoms with Crippen LogP contribution in [0.15, 0.2) is 23.7 Å². The van der Waals surface area contributed by atoms with Crippen molar-refractivity contribution < 1.29 is 9.72 Å². The predicted octanol–water partition coefficient (Wildman–Crippen LogP) is 2.63. The number of piperazine rings is 1. The molecule has 2 aromatic heterocycles. The quantitative estimate of drug-likeness (QED) is 0.630. The number of rotatable bonds is 3. The van der Waals surface area contributed by atoms with Crippen molar-refractivity contribution in [2.45, 2.75) is 13.8 Å². The standard InChI is InChI=1S/C16H18N4O3S/c1-11-12(2)24-10-14(11)16(21)19-7-5-18(6-8-19)15-4-3-13(9-17-15)20(22)23/h3-4,9-10H,5-8H2,1-2H3. The van der Waals surface area contributed by atoms with Gasteiger partial charge in [0, 0.05) is 42.5 Å². The van der Waals surface area contributed by atoms with Crippen LogP contribution in [0.25, 0.3) is 0 Å². The molecule has 2 aromatic rings. The number of amides is 1. The number of aryl methyl sites for hydroxylation is 1. The topological polar surface area (TPSA) is 79.6 Å². The number of anilines is 1. The summed E-state index contributed by atoms with van der Waals surface area (Å²) in [4.78, 5) is 32.1. The van der Waals surface area contributed by atoms with Crippen LogP contribution >= 0.6 is 11.3 Å². The van der Waals surface area contributed by atoms with Crippen LogP contribution in [0.1, 0.15) is 20.8 Å². The zero-order chi connectivity index (χ0) is 17.3. The summed E-state index contributed by atoms with van der Waals surface area (Å²) in [5, 5.41) is 12.6. The number of hydrogen-bond donors (Lipinski definition) is 0. The van der Waals surface area contributed by atoms with E-state index < -0.39 is 4.92 Å². The Labute approximate surface area is 143 Å². The van der Waals surface area contributed by atoms with E-state index in [0.717, 1.165) is 11.1 Å². The smallest absolute Gasteiger partial charge is 0.287 e. The number of aromatic nitrogens is 1. The van der Waals surface area contributed by atoms with Crippen molar-refractivity contribution in [2.24, 2.45) is 0 Å². The first-order valence-electron chi connectivity index (χ1n) is 7.66. The molecule has 1 amide bonds. The zero-order valence-electron chi connectivity index (χ0n) is 13.6. The predicted molar refractivity (Wildman–Crippen MR) is 92.8 cm³/mol. The lowest BCUT2D eigenvalue weighted by Crippen LogP contribution is -2.49. The average molecular weight is 346 g/mol. The van der Waals surface area contributed by atoms with Crippen LogP contribution in [0.4, 0.5) is 11.5 Å². The minimum atomic E-state index is -0.460. The zero-order valence-corrected chi connectivity index (χ0v) is 14.4. The van der Waals surface area contributed by atoms with Crippen molar-refractivity contribution in [1.29, 1.82) is 0 Å². The molecule has 24 heavy (non-hydrogen) atoms. The molecule has 0 spiro atoms. The summed E-state index contributed by atoms with van der Waals surface area (Å²) in [6, 6.07) is 3.11. The molecule has 8 heteroatoms. The van der Waals surface area contributed by atoms with E-state index in [1.165, 1.54) is 17.1 Å². The first kappa shape index (κ1) is 16.4. The molecule has 126 valence electrons. The fraction of sp³-hybridized carbons (Fsp3) is 0.375. The Kier molecular flexibility index (Phi) is 4.48. The Morgan fingerprint density at radius 2 is 1.96 bits per heavy atom. The maximum atomic E-state index is 12.6. The summed E-state index contributed by atoms with van der Waals surface area (Å²) in [7, 11) is 0. The second kappa shape index (κ2) is 6.56. The van der Waals surface area contributed by atoms with Crippen LogP contribution < -0.4 is 4.90 Å². The lowest BCUT2D eigenvalue weighted by molar-refractivity contribution is -0.385. The molecule has 3 heterocycles. The van der Waals surface area contributed by atoms with Gasteiger partial charge in [0.05, 0.1) is 10.5 Å². The van der Waals surface area contributed by atoms with Crippen molar-refractivity contribution in [3.05, 3.63) is 49.8 Å². The van der Waals surface area contributed by atoms with Gasteiger partial charge in [-0.05, 0) is 25.5 Å². The molecule has 0 saturated carbocycles. The van der Waals surface area contributed by atoms with E-state index in [1.807, 2.05) is 29.0 Å². The minimum Gasteiger partial charge on any atom is -0.353 e. The van der Waals surface area contributed by atoms with Gasteiger partial charge in [-0.1, -0.05) is 0 Å². The summed E-state index contributed by atoms with van der Waals surface area (Å²) >= 11 is 1.60. The van der Waals surface area contributed by atoms with E-state index in [1.54, 1.807) is 17.4 Å². The van der Waals surface area contributed by atoms with Crippen molar-refractivity contribution in [3.63, 3.8) is 0 Å². The third-order valence-corrected chi connectivity index (χ3v) is 5.36. The van der Waals surface area contributed by atoms with E-state index >= 15 is 0 Å². The summed E-state index contributed by atoms with van der Waals surface area (Å²) in [6.07, 6.45) is 1.27. The number of nitrogens with zero attached hydrogens (tertiary/aromatic N) is 4. The highest BCUT2D eigenvalue weighted by Crippen LogP contribution is 2.23. The van der Waals surface area contributed by atoms with Gasteiger partial charge in [0.25, 0.3) is 11.6 Å². The molecule has 1 aliphatic heterocycles. The van der Waals surface area contributed by atoms with Crippen LogP contribution in [0.2, 0.25) is 0 Å². The average Bonchev–Trinajstić information content (AvgIpc) is 2.94. The lowest BCUT2D eigenvalue weighted by atomic mass is 10.1. The molecular weight excluding hydrogens is 328 g/mol. The van der Waals surface area contributed by atoms with Crippen LogP contribution in [0, 0.1) is 24.0 Å². The molecular formula is C16H18N4O3S. The maximum absolute atomic E-state index is 12.6. The number of carbonyl (C=O) groups is 1. The van der Waals surface area contributed by atoms with Crippen molar-refractivity contribution >= 4 is 28.7 Å². The Hall–Kier alpha value is -2.48. The van der Waals surface area contributed by atoms with E-state index in [2.05, 4.69) is 4.98 Å². The molecule has 0 aliphatic carbocycles. The molecule has 0 unspecified atom stereocenters. The molecule has 1 fully saturated rings. The van der Waals surface area contributed by atoms with E-state index in [4.69, 9.17) is 0 Å². The molecule has 0 radical (unpaired) electrons. The van der Waals surface area contributed by atoms with Gasteiger partial charge in [-0.2, -0.15) is 0 Å². The Morgan fingerprint density at radius 1 is 1.25 bits per heavy atom. The number of nitro groups is 1. The third kappa shape index (κ3) is 3.09. The third-order valence-electron chi connectivity index (χ3n) is 4.35. The van der Waals surface area contributed by atoms with Crippen molar-refractivity contribution in [2.75, 3.05) is 31.1 Å². The molecule has 7 nitrogen and oxygen atoms in total. The SMILES string of the molecule is Cc1scc(C(=O)N2CCN(c3ccc([N+](=O)[O-])cn3)CC2)c1C. The monoisotopic (exact) mass is 346 g/mol. The molecule has 0 bridgehead atoms. The maximum Gasteiger partial charge on any atom is 0.287 e. The molecule has 0 aromatic carbocycles. The molecule has 0 N–H and O–H groups in total. The van der Waals surface area contributed by atoms with Gasteiger partial charge in [-0.3, -0.25) is 14.9 Å². The second-order valence-corrected chi connectivity index (χ2v) is 6.83. The fourth-order valence-corrected chi connectivity index (χ4v) is 3.57. The highest BCUT2D eigenvalue weighted by atomic mass is 32.1. The highest BCUT2D eigenvalue weighted by Gasteiger charge is 2.25. The first-order valence-corrected chi connectivity index (χ1v) is 8.54. The molecule has 0 atom stereocenters. The first-order chi connectivity index (χ1) is 11.5. The van der Waals surface area contributed by atoms with Crippen LogP contribution in [0.5, 0.6) is 0 Å². The van der Waals surface area contributed by atoms with Gasteiger partial charge in [0.2, 0.25) is 0 Å². The van der Waals surface area contributed by atoms with Gasteiger partial charge in [-0.15, -0.1) is 11.3 Å². The highest BCUT2D eigenvalue weighted by molar-refractivity contribution is 7.10. The van der Waals surface area contributed by atoms with Crippen LogP contribution in [0.3, 0.4) is 0 Å². The summed E-state index contributed by atoms with van der Waals surface area (Å²) < 4.78 is 0. The number of thiophene rings is 1. The normalized spacial score (nSPS) is 14.8. The van der Waals surface area contributed by atoms with Crippen LogP contribution in [-0.2, 0) is 0 Å². The van der Waals surface area contributed by atoms with Gasteiger partial charge in [0.15, 0.2) is 0 Å². The van der Waals surface area contributed by atoms with Gasteiger partial charge in [0.1, 0.15) is 12.0 Å². The van der Waals surface area contributed by atoms with E-state index in [-0.39, 0.29) is 11.6 Å². The van der Waals surface area contributed by atoms with Crippen molar-refractivity contribution in [3.8, 4) is 0 Å². The van der Waals surface area contributed by atoms with Crippen molar-refractivity contribution in [1.82, 2.24) is 9.88 Å². The number of carbonyl (C=O) groups excluding carboxylic acids is 1. The summed E-state index contributed by atoms with van der Waals surface area (Å²) in [5.74, 6) is 0.781. The lowest BCUT2D eigenvalue weighted by Gasteiger charge is -2.35. The molecule has 1 saturated heterocycles. The number of pyridine rings is 1. The van der Waals surface area contributed by atoms with E-state index in [0.29, 0.717) is 32.0 Å². The molecule has 1 aliphatic rings. The second-order valence-electron chi connectivity index (χ2n) is 5.74. The van der Waals surface area contributed by atoms with Gasteiger partial charge in [-0.25, -0.2) is 4.98 Å². The Balaban J connectivity index is 1.64. The summed E-state index contributed by atoms with van der Waals surface area (Å²) in [6.45, 7) is 6.57. The van der Waals surface area contributed by atoms with Gasteiger partial charge >= 0.3 is 0 Å². The van der Waals surface area contributed by atoms with E-state index in [9.17, 15) is 14.9 Å². The number of hydrogen-bond acceptors (Lipinski definition) is 6. The largest absolute Gasteiger partial charge is 0.353 e. The Bertz CT molecular complexity index is 764.